The van der Waals surface area contributed by atoms with E-state index in [9.17, 15) is 13.2 Å². The Morgan fingerprint density at radius 3 is 2.67 bits per heavy atom. The highest BCUT2D eigenvalue weighted by atomic mass is 79.9. The maximum atomic E-state index is 12.4. The Morgan fingerprint density at radius 1 is 1.43 bits per heavy atom. The minimum atomic E-state index is -3.59. The summed E-state index contributed by atoms with van der Waals surface area (Å²) in [7, 11) is -3.59. The molecule has 0 radical (unpaired) electrons. The summed E-state index contributed by atoms with van der Waals surface area (Å²) in [5, 5.41) is 0. The SMILES string of the molecule is CC(=O)N1CCc2cc(Br)c(S(=O)(=O)NCC(C)C)cc21. The number of sulfonamides is 1. The standard InChI is InChI=1S/C14H19BrN2O3S/c1-9(2)8-16-21(19,20)14-7-13-11(6-12(14)15)4-5-17(13)10(3)18/h6-7,9,16H,4-5,8H2,1-3H3. The van der Waals surface area contributed by atoms with Gasteiger partial charge in [0.2, 0.25) is 15.9 Å². The first-order chi connectivity index (χ1) is 9.72. The molecule has 0 saturated carbocycles. The molecule has 1 amide bonds. The molecule has 1 N–H and O–H groups in total. The number of rotatable bonds is 4. The average molecular weight is 375 g/mol. The molecule has 1 aromatic carbocycles. The van der Waals surface area contributed by atoms with Crippen LogP contribution < -0.4 is 9.62 Å². The highest BCUT2D eigenvalue weighted by Crippen LogP contribution is 2.35. The average Bonchev–Trinajstić information content (AvgIpc) is 2.78. The summed E-state index contributed by atoms with van der Waals surface area (Å²) in [6.45, 7) is 6.35. The summed E-state index contributed by atoms with van der Waals surface area (Å²) < 4.78 is 27.9. The van der Waals surface area contributed by atoms with Crippen molar-refractivity contribution in [3.05, 3.63) is 22.2 Å². The van der Waals surface area contributed by atoms with Gasteiger partial charge in [-0.2, -0.15) is 0 Å². The van der Waals surface area contributed by atoms with Crippen molar-refractivity contribution in [3.8, 4) is 0 Å². The van der Waals surface area contributed by atoms with Crippen LogP contribution in [-0.4, -0.2) is 27.4 Å². The predicted molar refractivity (Wildman–Crippen MR) is 85.9 cm³/mol. The number of halogens is 1. The highest BCUT2D eigenvalue weighted by Gasteiger charge is 2.27. The topological polar surface area (TPSA) is 66.5 Å². The van der Waals surface area contributed by atoms with Gasteiger partial charge in [0.25, 0.3) is 0 Å². The Balaban J connectivity index is 2.42. The summed E-state index contributed by atoms with van der Waals surface area (Å²) in [4.78, 5) is 13.4. The fourth-order valence-electron chi connectivity index (χ4n) is 2.28. The maximum absolute atomic E-state index is 12.4. The molecule has 0 fully saturated rings. The molecule has 5 nitrogen and oxygen atoms in total. The normalized spacial score (nSPS) is 14.6. The Bertz CT molecular complexity index is 671. The van der Waals surface area contributed by atoms with E-state index in [0.717, 1.165) is 12.0 Å². The number of hydrogen-bond acceptors (Lipinski definition) is 3. The largest absolute Gasteiger partial charge is 0.312 e. The Morgan fingerprint density at radius 2 is 2.10 bits per heavy atom. The molecule has 116 valence electrons. The molecule has 1 aliphatic rings. The van der Waals surface area contributed by atoms with Gasteiger partial charge in [-0.05, 0) is 46.0 Å². The number of hydrogen-bond donors (Lipinski definition) is 1. The molecule has 7 heteroatoms. The van der Waals surface area contributed by atoms with Crippen molar-refractivity contribution in [1.29, 1.82) is 0 Å². The third kappa shape index (κ3) is 3.46. The predicted octanol–water partition coefficient (Wildman–Crippen LogP) is 2.29. The molecule has 1 heterocycles. The smallest absolute Gasteiger partial charge is 0.241 e. The van der Waals surface area contributed by atoms with E-state index in [-0.39, 0.29) is 16.7 Å². The van der Waals surface area contributed by atoms with Crippen molar-refractivity contribution in [1.82, 2.24) is 4.72 Å². The van der Waals surface area contributed by atoms with E-state index in [1.807, 2.05) is 13.8 Å². The van der Waals surface area contributed by atoms with E-state index < -0.39 is 10.0 Å². The zero-order valence-corrected chi connectivity index (χ0v) is 14.7. The quantitative estimate of drug-likeness (QED) is 0.878. The van der Waals surface area contributed by atoms with Crippen molar-refractivity contribution >= 4 is 37.5 Å². The fourth-order valence-corrected chi connectivity index (χ4v) is 4.60. The van der Waals surface area contributed by atoms with E-state index in [1.54, 1.807) is 17.0 Å². The first kappa shape index (κ1) is 16.5. The molecule has 0 spiro atoms. The number of benzene rings is 1. The van der Waals surface area contributed by atoms with Gasteiger partial charge in [-0.15, -0.1) is 0 Å². The molecule has 1 aliphatic heterocycles. The lowest BCUT2D eigenvalue weighted by Crippen LogP contribution is -2.29. The van der Waals surface area contributed by atoms with E-state index in [0.29, 0.717) is 23.2 Å². The van der Waals surface area contributed by atoms with Crippen molar-refractivity contribution in [2.24, 2.45) is 5.92 Å². The van der Waals surface area contributed by atoms with Gasteiger partial charge in [0.05, 0.1) is 4.90 Å². The van der Waals surface area contributed by atoms with Crippen molar-refractivity contribution in [2.45, 2.75) is 32.1 Å². The first-order valence-electron chi connectivity index (χ1n) is 6.82. The van der Waals surface area contributed by atoms with Crippen LogP contribution >= 0.6 is 15.9 Å². The van der Waals surface area contributed by atoms with Crippen LogP contribution in [0.2, 0.25) is 0 Å². The first-order valence-corrected chi connectivity index (χ1v) is 9.10. The van der Waals surface area contributed by atoms with Gasteiger partial charge in [-0.1, -0.05) is 13.8 Å². The van der Waals surface area contributed by atoms with Gasteiger partial charge in [-0.3, -0.25) is 4.79 Å². The van der Waals surface area contributed by atoms with Crippen LogP contribution in [-0.2, 0) is 21.2 Å². The number of amides is 1. The number of fused-ring (bicyclic) bond motifs is 1. The minimum Gasteiger partial charge on any atom is -0.312 e. The van der Waals surface area contributed by atoms with Gasteiger partial charge in [0.15, 0.2) is 0 Å². The zero-order chi connectivity index (χ0) is 15.8. The summed E-state index contributed by atoms with van der Waals surface area (Å²) in [6, 6.07) is 3.37. The molecule has 0 aliphatic carbocycles. The molecule has 2 rings (SSSR count). The van der Waals surface area contributed by atoms with Crippen LogP contribution in [0.1, 0.15) is 26.3 Å². The maximum Gasteiger partial charge on any atom is 0.241 e. The third-order valence-corrected chi connectivity index (χ3v) is 5.76. The molecular weight excluding hydrogens is 356 g/mol. The molecular formula is C14H19BrN2O3S. The van der Waals surface area contributed by atoms with E-state index in [4.69, 9.17) is 0 Å². The summed E-state index contributed by atoms with van der Waals surface area (Å²) >= 11 is 3.33. The minimum absolute atomic E-state index is 0.0745. The summed E-state index contributed by atoms with van der Waals surface area (Å²) in [5.74, 6) is 0.149. The Labute approximate surface area is 133 Å². The molecule has 0 atom stereocenters. The molecule has 0 saturated heterocycles. The number of carbonyl (C=O) groups is 1. The van der Waals surface area contributed by atoms with E-state index >= 15 is 0 Å². The van der Waals surface area contributed by atoms with Gasteiger partial charge in [0, 0.05) is 30.2 Å². The number of nitrogens with one attached hydrogen (secondary N) is 1. The molecule has 0 aromatic heterocycles. The molecule has 0 unspecified atom stereocenters. The van der Waals surface area contributed by atoms with E-state index in [2.05, 4.69) is 20.7 Å². The van der Waals surface area contributed by atoms with Crippen molar-refractivity contribution in [2.75, 3.05) is 18.0 Å². The van der Waals surface area contributed by atoms with Crippen molar-refractivity contribution < 1.29 is 13.2 Å². The van der Waals surface area contributed by atoms with Gasteiger partial charge in [0.1, 0.15) is 0 Å². The Kier molecular flexibility index (Phi) is 4.75. The monoisotopic (exact) mass is 374 g/mol. The summed E-state index contributed by atoms with van der Waals surface area (Å²) in [5.41, 5.74) is 1.68. The van der Waals surface area contributed by atoms with Crippen LogP contribution in [0.5, 0.6) is 0 Å². The van der Waals surface area contributed by atoms with Crippen molar-refractivity contribution in [3.63, 3.8) is 0 Å². The van der Waals surface area contributed by atoms with Crippen LogP contribution in [0.3, 0.4) is 0 Å². The second kappa shape index (κ2) is 6.06. The molecule has 1 aromatic rings. The second-order valence-electron chi connectivity index (χ2n) is 5.58. The lowest BCUT2D eigenvalue weighted by Gasteiger charge is -2.17. The third-order valence-electron chi connectivity index (χ3n) is 3.38. The van der Waals surface area contributed by atoms with Gasteiger partial charge < -0.3 is 4.90 Å². The lowest BCUT2D eigenvalue weighted by molar-refractivity contribution is -0.116. The van der Waals surface area contributed by atoms with Gasteiger partial charge in [-0.25, -0.2) is 13.1 Å². The second-order valence-corrected chi connectivity index (χ2v) is 8.17. The Hall–Kier alpha value is -0.920. The lowest BCUT2D eigenvalue weighted by atomic mass is 10.2. The van der Waals surface area contributed by atoms with Crippen LogP contribution in [0.4, 0.5) is 5.69 Å². The van der Waals surface area contributed by atoms with Gasteiger partial charge >= 0.3 is 0 Å². The number of nitrogens with zero attached hydrogens (tertiary/aromatic N) is 1. The van der Waals surface area contributed by atoms with E-state index in [1.165, 1.54) is 6.92 Å². The zero-order valence-electron chi connectivity index (χ0n) is 12.3. The van der Waals surface area contributed by atoms with Crippen LogP contribution in [0, 0.1) is 5.92 Å². The molecule has 21 heavy (non-hydrogen) atoms. The number of anilines is 1. The number of carbonyl (C=O) groups excluding carboxylic acids is 1. The van der Waals surface area contributed by atoms with Crippen LogP contribution in [0.15, 0.2) is 21.5 Å². The molecule has 0 bridgehead atoms. The van der Waals surface area contributed by atoms with Crippen LogP contribution in [0.25, 0.3) is 0 Å². The fraction of sp³-hybridized carbons (Fsp3) is 0.500. The summed E-state index contributed by atoms with van der Waals surface area (Å²) in [6.07, 6.45) is 0.743. The highest BCUT2D eigenvalue weighted by molar-refractivity contribution is 9.10.